The van der Waals surface area contributed by atoms with Crippen LogP contribution in [-0.2, 0) is 0 Å². The summed E-state index contributed by atoms with van der Waals surface area (Å²) in [6, 6.07) is 8.00. The zero-order valence-electron chi connectivity index (χ0n) is 11.0. The number of nitrogens with zero attached hydrogens (tertiary/aromatic N) is 5. The van der Waals surface area contributed by atoms with Gasteiger partial charge in [0.2, 0.25) is 11.7 Å². The summed E-state index contributed by atoms with van der Waals surface area (Å²) < 4.78 is 5.57. The van der Waals surface area contributed by atoms with E-state index in [1.54, 1.807) is 24.3 Å². The number of nitrogens with one attached hydrogen (secondary N) is 2. The molecule has 0 radical (unpaired) electrons. The average molecular weight is 299 g/mol. The summed E-state index contributed by atoms with van der Waals surface area (Å²) in [7, 11) is 0. The van der Waals surface area contributed by atoms with Crippen LogP contribution in [0.3, 0.4) is 0 Å². The largest absolute Gasteiger partial charge is 0.465 e. The van der Waals surface area contributed by atoms with Crippen LogP contribution in [0.5, 0.6) is 11.6 Å². The van der Waals surface area contributed by atoms with Crippen LogP contribution < -0.4 is 10.1 Å². The highest BCUT2D eigenvalue weighted by Crippen LogP contribution is 2.24. The second-order valence-electron chi connectivity index (χ2n) is 4.04. The molecule has 3 N–H and O–H groups in total. The molecule has 1 aromatic carbocycles. The van der Waals surface area contributed by atoms with Gasteiger partial charge in [-0.1, -0.05) is 6.07 Å². The zero-order valence-corrected chi connectivity index (χ0v) is 11.0. The van der Waals surface area contributed by atoms with Crippen LogP contribution in [0.15, 0.2) is 36.7 Å². The Kier molecular flexibility index (Phi) is 3.56. The van der Waals surface area contributed by atoms with Gasteiger partial charge in [0.15, 0.2) is 0 Å². The van der Waals surface area contributed by atoms with Crippen LogP contribution in [0, 0.1) is 0 Å². The Morgan fingerprint density at radius 1 is 1.27 bits per heavy atom. The Balaban J connectivity index is 1.81. The van der Waals surface area contributed by atoms with Crippen molar-refractivity contribution in [2.24, 2.45) is 0 Å². The van der Waals surface area contributed by atoms with Crippen LogP contribution in [0.4, 0.5) is 10.5 Å². The molecule has 0 fully saturated rings. The van der Waals surface area contributed by atoms with Crippen molar-refractivity contribution in [1.82, 2.24) is 30.6 Å². The fourth-order valence-corrected chi connectivity index (χ4v) is 1.67. The predicted molar refractivity (Wildman–Crippen MR) is 73.4 cm³/mol. The Hall–Kier alpha value is -3.56. The van der Waals surface area contributed by atoms with Crippen molar-refractivity contribution < 1.29 is 14.6 Å². The summed E-state index contributed by atoms with van der Waals surface area (Å²) >= 11 is 0. The van der Waals surface area contributed by atoms with E-state index in [0.29, 0.717) is 23.0 Å². The van der Waals surface area contributed by atoms with Gasteiger partial charge in [0.25, 0.3) is 0 Å². The van der Waals surface area contributed by atoms with Crippen LogP contribution in [0.2, 0.25) is 0 Å². The Morgan fingerprint density at radius 2 is 2.18 bits per heavy atom. The van der Waals surface area contributed by atoms with Crippen molar-refractivity contribution in [3.8, 4) is 23.1 Å². The van der Waals surface area contributed by atoms with Gasteiger partial charge in [0.05, 0.1) is 0 Å². The Morgan fingerprint density at radius 3 is 2.95 bits per heavy atom. The molecule has 1 amide bonds. The van der Waals surface area contributed by atoms with E-state index in [9.17, 15) is 4.79 Å². The van der Waals surface area contributed by atoms with Gasteiger partial charge < -0.3 is 9.84 Å². The number of tetrazole rings is 1. The number of rotatable bonds is 4. The summed E-state index contributed by atoms with van der Waals surface area (Å²) in [4.78, 5) is 18.6. The van der Waals surface area contributed by atoms with Gasteiger partial charge in [0.1, 0.15) is 17.8 Å². The summed E-state index contributed by atoms with van der Waals surface area (Å²) in [6.45, 7) is 0. The van der Waals surface area contributed by atoms with E-state index in [-0.39, 0.29) is 5.88 Å². The molecule has 110 valence electrons. The van der Waals surface area contributed by atoms with E-state index in [1.165, 1.54) is 12.4 Å². The number of benzene rings is 1. The maximum absolute atomic E-state index is 10.6. The lowest BCUT2D eigenvalue weighted by Crippen LogP contribution is -2.06. The molecular formula is C12H9N7O3. The number of anilines is 1. The van der Waals surface area contributed by atoms with Crippen molar-refractivity contribution >= 4 is 11.8 Å². The molecule has 0 bridgehead atoms. The van der Waals surface area contributed by atoms with Gasteiger partial charge >= 0.3 is 6.09 Å². The van der Waals surface area contributed by atoms with E-state index >= 15 is 0 Å². The minimum Gasteiger partial charge on any atom is -0.465 e. The fourth-order valence-electron chi connectivity index (χ4n) is 1.67. The molecule has 3 rings (SSSR count). The standard InChI is InChI=1S/C12H9N7O3/c20-12(21)15-7-2-1-3-8(4-7)22-10-5-9(13-6-14-10)11-16-18-19-17-11/h1-6,15H,(H,20,21)(H,16,17,18,19). The number of carbonyl (C=O) groups is 1. The molecule has 0 saturated heterocycles. The predicted octanol–water partition coefficient (Wildman–Crippen LogP) is 1.54. The zero-order chi connectivity index (χ0) is 15.4. The molecule has 0 aliphatic heterocycles. The van der Waals surface area contributed by atoms with Crippen molar-refractivity contribution in [3.63, 3.8) is 0 Å². The highest BCUT2D eigenvalue weighted by atomic mass is 16.5. The van der Waals surface area contributed by atoms with Gasteiger partial charge in [0, 0.05) is 17.8 Å². The van der Waals surface area contributed by atoms with Crippen LogP contribution in [0.25, 0.3) is 11.5 Å². The lowest BCUT2D eigenvalue weighted by Gasteiger charge is -2.07. The molecule has 2 aromatic heterocycles. The summed E-state index contributed by atoms with van der Waals surface area (Å²) in [5.74, 6) is 1.000. The summed E-state index contributed by atoms with van der Waals surface area (Å²) in [5.41, 5.74) is 0.830. The summed E-state index contributed by atoms with van der Waals surface area (Å²) in [6.07, 6.45) is 0.152. The molecule has 10 heteroatoms. The third-order valence-electron chi connectivity index (χ3n) is 2.52. The number of amides is 1. The van der Waals surface area contributed by atoms with E-state index in [1.807, 2.05) is 0 Å². The third-order valence-corrected chi connectivity index (χ3v) is 2.52. The van der Waals surface area contributed by atoms with Gasteiger partial charge in [-0.05, 0) is 17.3 Å². The number of aromatic nitrogens is 6. The van der Waals surface area contributed by atoms with Gasteiger partial charge in [-0.2, -0.15) is 5.21 Å². The van der Waals surface area contributed by atoms with Gasteiger partial charge in [-0.15, -0.1) is 10.2 Å². The number of carboxylic acid groups (broad SMARTS) is 1. The second kappa shape index (κ2) is 5.83. The number of aromatic amines is 1. The first kappa shape index (κ1) is 13.4. The molecule has 3 aromatic rings. The molecule has 22 heavy (non-hydrogen) atoms. The molecular weight excluding hydrogens is 290 g/mol. The highest BCUT2D eigenvalue weighted by molar-refractivity contribution is 5.83. The highest BCUT2D eigenvalue weighted by Gasteiger charge is 2.08. The molecule has 0 unspecified atom stereocenters. The number of hydrogen-bond acceptors (Lipinski definition) is 7. The first-order valence-corrected chi connectivity index (χ1v) is 6.04. The van der Waals surface area contributed by atoms with E-state index in [2.05, 4.69) is 35.9 Å². The Labute approximate surface area is 123 Å². The van der Waals surface area contributed by atoms with Crippen molar-refractivity contribution in [2.45, 2.75) is 0 Å². The number of hydrogen-bond donors (Lipinski definition) is 3. The molecule has 2 heterocycles. The lowest BCUT2D eigenvalue weighted by atomic mass is 10.3. The van der Waals surface area contributed by atoms with Crippen LogP contribution in [-0.4, -0.2) is 41.8 Å². The second-order valence-corrected chi connectivity index (χ2v) is 4.04. The lowest BCUT2D eigenvalue weighted by molar-refractivity contribution is 0.210. The van der Waals surface area contributed by atoms with Crippen LogP contribution in [0.1, 0.15) is 0 Å². The topological polar surface area (TPSA) is 139 Å². The van der Waals surface area contributed by atoms with Crippen molar-refractivity contribution in [2.75, 3.05) is 5.32 Å². The molecule has 10 nitrogen and oxygen atoms in total. The summed E-state index contributed by atoms with van der Waals surface area (Å²) in [5, 5.41) is 24.3. The molecule has 0 saturated carbocycles. The van der Waals surface area contributed by atoms with Crippen LogP contribution >= 0.6 is 0 Å². The van der Waals surface area contributed by atoms with E-state index < -0.39 is 6.09 Å². The van der Waals surface area contributed by atoms with Gasteiger partial charge in [-0.25, -0.2) is 14.8 Å². The van der Waals surface area contributed by atoms with E-state index in [0.717, 1.165) is 0 Å². The molecule has 0 atom stereocenters. The molecule has 0 aliphatic carbocycles. The first-order valence-electron chi connectivity index (χ1n) is 6.04. The third kappa shape index (κ3) is 3.12. The normalized spacial score (nSPS) is 10.2. The van der Waals surface area contributed by atoms with Crippen molar-refractivity contribution in [1.29, 1.82) is 0 Å². The first-order chi connectivity index (χ1) is 10.7. The smallest absolute Gasteiger partial charge is 0.409 e. The van der Waals surface area contributed by atoms with Gasteiger partial charge in [-0.3, -0.25) is 5.32 Å². The number of H-pyrrole nitrogens is 1. The number of ether oxygens (including phenoxy) is 1. The fraction of sp³-hybridized carbons (Fsp3) is 0. The maximum Gasteiger partial charge on any atom is 0.409 e. The van der Waals surface area contributed by atoms with Crippen molar-refractivity contribution in [3.05, 3.63) is 36.7 Å². The molecule has 0 aliphatic rings. The SMILES string of the molecule is O=C(O)Nc1cccc(Oc2cc(-c3nn[nH]n3)ncn2)c1. The molecule has 0 spiro atoms. The van der Waals surface area contributed by atoms with E-state index in [4.69, 9.17) is 9.84 Å². The minimum absolute atomic E-state index is 0.266. The minimum atomic E-state index is -1.15. The monoisotopic (exact) mass is 299 g/mol. The quantitative estimate of drug-likeness (QED) is 0.659. The average Bonchev–Trinajstić information content (AvgIpc) is 3.01. The maximum atomic E-state index is 10.6. The Bertz CT molecular complexity index is 791.